The van der Waals surface area contributed by atoms with Gasteiger partial charge in [0.2, 0.25) is 0 Å². The number of aromatic nitrogens is 4. The van der Waals surface area contributed by atoms with Crippen molar-refractivity contribution in [1.82, 2.24) is 19.7 Å². The van der Waals surface area contributed by atoms with Gasteiger partial charge in [-0.3, -0.25) is 4.79 Å². The van der Waals surface area contributed by atoms with Crippen LogP contribution in [0.2, 0.25) is 0 Å². The minimum Gasteiger partial charge on any atom is -0.319 e. The molecule has 3 rings (SSSR count). The van der Waals surface area contributed by atoms with Crippen LogP contribution >= 0.6 is 27.3 Å². The van der Waals surface area contributed by atoms with Gasteiger partial charge in [0.15, 0.2) is 5.82 Å². The van der Waals surface area contributed by atoms with Gasteiger partial charge in [0.25, 0.3) is 5.91 Å². The van der Waals surface area contributed by atoms with Crippen LogP contribution in [0.4, 0.5) is 5.69 Å². The van der Waals surface area contributed by atoms with Crippen LogP contribution < -0.4 is 5.32 Å². The second kappa shape index (κ2) is 5.51. The molecule has 0 bridgehead atoms. The lowest BCUT2D eigenvalue weighted by molar-refractivity contribution is 0.102. The van der Waals surface area contributed by atoms with E-state index in [-0.39, 0.29) is 5.91 Å². The summed E-state index contributed by atoms with van der Waals surface area (Å²) in [5.41, 5.74) is 1.17. The Morgan fingerprint density at radius 1 is 1.45 bits per heavy atom. The molecule has 0 aliphatic carbocycles. The fourth-order valence-corrected chi connectivity index (χ4v) is 2.75. The molecule has 100 valence electrons. The highest BCUT2D eigenvalue weighted by Gasteiger charge is 2.12. The minimum atomic E-state index is -0.193. The van der Waals surface area contributed by atoms with Crippen LogP contribution in [0.1, 0.15) is 10.4 Å². The fourth-order valence-electron chi connectivity index (χ4n) is 1.62. The normalized spacial score (nSPS) is 10.4. The van der Waals surface area contributed by atoms with Gasteiger partial charge in [-0.2, -0.15) is 5.10 Å². The Morgan fingerprint density at radius 2 is 2.35 bits per heavy atom. The van der Waals surface area contributed by atoms with Crippen LogP contribution in [-0.4, -0.2) is 25.7 Å². The van der Waals surface area contributed by atoms with Gasteiger partial charge < -0.3 is 5.32 Å². The summed E-state index contributed by atoms with van der Waals surface area (Å²) in [5, 5.41) is 8.62. The smallest absolute Gasteiger partial charge is 0.256 e. The van der Waals surface area contributed by atoms with Crippen molar-refractivity contribution >= 4 is 38.9 Å². The maximum atomic E-state index is 12.2. The van der Waals surface area contributed by atoms with Crippen molar-refractivity contribution in [3.8, 4) is 5.82 Å². The highest BCUT2D eigenvalue weighted by atomic mass is 79.9. The molecule has 3 heterocycles. The van der Waals surface area contributed by atoms with Gasteiger partial charge in [0.1, 0.15) is 12.7 Å². The molecular formula is C12H8BrN5OS. The Morgan fingerprint density at radius 3 is 3.05 bits per heavy atom. The summed E-state index contributed by atoms with van der Waals surface area (Å²) in [7, 11) is 0. The van der Waals surface area contributed by atoms with Crippen molar-refractivity contribution in [2.75, 3.05) is 5.32 Å². The third-order valence-electron chi connectivity index (χ3n) is 2.50. The Hall–Kier alpha value is -2.06. The van der Waals surface area contributed by atoms with Crippen molar-refractivity contribution in [3.05, 3.63) is 51.8 Å². The number of rotatable bonds is 3. The number of carbonyl (C=O) groups excluding carboxylic acids is 1. The molecule has 0 aromatic carbocycles. The van der Waals surface area contributed by atoms with E-state index in [1.54, 1.807) is 29.8 Å². The number of carbonyl (C=O) groups is 1. The van der Waals surface area contributed by atoms with E-state index >= 15 is 0 Å². The van der Waals surface area contributed by atoms with Gasteiger partial charge in [-0.25, -0.2) is 14.6 Å². The Labute approximate surface area is 126 Å². The molecule has 0 spiro atoms. The maximum Gasteiger partial charge on any atom is 0.256 e. The molecule has 3 aromatic rings. The first-order valence-corrected chi connectivity index (χ1v) is 7.27. The van der Waals surface area contributed by atoms with E-state index in [9.17, 15) is 4.79 Å². The van der Waals surface area contributed by atoms with Gasteiger partial charge in [0.05, 0.1) is 15.0 Å². The number of anilines is 1. The van der Waals surface area contributed by atoms with Gasteiger partial charge in [0, 0.05) is 11.6 Å². The second-order valence-corrected chi connectivity index (χ2v) is 6.10. The summed E-state index contributed by atoms with van der Waals surface area (Å²) >= 11 is 4.79. The molecule has 8 heteroatoms. The molecule has 0 radical (unpaired) electrons. The monoisotopic (exact) mass is 349 g/mol. The lowest BCUT2D eigenvalue weighted by atomic mass is 10.3. The van der Waals surface area contributed by atoms with Crippen LogP contribution in [0, 0.1) is 0 Å². The summed E-state index contributed by atoms with van der Waals surface area (Å²) in [5.74, 6) is 0.328. The summed E-state index contributed by atoms with van der Waals surface area (Å²) in [6, 6.07) is 5.29. The maximum absolute atomic E-state index is 12.2. The van der Waals surface area contributed by atoms with Crippen molar-refractivity contribution in [2.45, 2.75) is 0 Å². The van der Waals surface area contributed by atoms with Gasteiger partial charge in [-0.15, -0.1) is 11.3 Å². The summed E-state index contributed by atoms with van der Waals surface area (Å²) in [6.45, 7) is 0. The zero-order valence-electron chi connectivity index (χ0n) is 10.0. The van der Waals surface area contributed by atoms with E-state index in [4.69, 9.17) is 0 Å². The van der Waals surface area contributed by atoms with Crippen molar-refractivity contribution in [2.24, 2.45) is 0 Å². The molecule has 0 atom stereocenters. The highest BCUT2D eigenvalue weighted by Crippen LogP contribution is 2.22. The van der Waals surface area contributed by atoms with Crippen molar-refractivity contribution in [1.29, 1.82) is 0 Å². The van der Waals surface area contributed by atoms with Gasteiger partial charge >= 0.3 is 0 Å². The van der Waals surface area contributed by atoms with Crippen molar-refractivity contribution < 1.29 is 4.79 Å². The van der Waals surface area contributed by atoms with Crippen LogP contribution in [0.3, 0.4) is 0 Å². The van der Waals surface area contributed by atoms with Crippen LogP contribution in [0.25, 0.3) is 5.82 Å². The van der Waals surface area contributed by atoms with E-state index in [2.05, 4.69) is 36.3 Å². The number of thiophene rings is 1. The molecule has 0 aliphatic rings. The molecule has 0 aliphatic heterocycles. The minimum absolute atomic E-state index is 0.193. The van der Waals surface area contributed by atoms with Crippen LogP contribution in [0.5, 0.6) is 0 Å². The zero-order valence-corrected chi connectivity index (χ0v) is 12.4. The van der Waals surface area contributed by atoms with Gasteiger partial charge in [-0.1, -0.05) is 0 Å². The molecule has 0 saturated carbocycles. The second-order valence-electron chi connectivity index (χ2n) is 3.81. The standard InChI is InChI=1S/C12H8BrN5OS/c13-10-4-8(5-20-10)12(19)17-9-2-1-3-15-11(9)18-7-14-6-16-18/h1-7H,(H,17,19). The summed E-state index contributed by atoms with van der Waals surface area (Å²) < 4.78 is 2.41. The molecule has 1 N–H and O–H groups in total. The first-order chi connectivity index (χ1) is 9.74. The number of hydrogen-bond acceptors (Lipinski definition) is 5. The average molecular weight is 350 g/mol. The molecule has 1 amide bonds. The molecule has 3 aromatic heterocycles. The van der Waals surface area contributed by atoms with E-state index in [0.717, 1.165) is 3.79 Å². The first kappa shape index (κ1) is 12.9. The zero-order chi connectivity index (χ0) is 13.9. The molecule has 20 heavy (non-hydrogen) atoms. The number of amides is 1. The largest absolute Gasteiger partial charge is 0.319 e. The lowest BCUT2D eigenvalue weighted by Gasteiger charge is -2.08. The number of nitrogens with zero attached hydrogens (tertiary/aromatic N) is 4. The van der Waals surface area contributed by atoms with E-state index in [0.29, 0.717) is 17.1 Å². The van der Waals surface area contributed by atoms with Crippen LogP contribution in [-0.2, 0) is 0 Å². The number of halogens is 1. The number of pyridine rings is 1. The lowest BCUT2D eigenvalue weighted by Crippen LogP contribution is -2.14. The Bertz CT molecular complexity index is 740. The van der Waals surface area contributed by atoms with Crippen molar-refractivity contribution in [3.63, 3.8) is 0 Å². The Balaban J connectivity index is 1.90. The molecule has 0 unspecified atom stereocenters. The fraction of sp³-hybridized carbons (Fsp3) is 0. The van der Waals surface area contributed by atoms with Crippen LogP contribution in [0.15, 0.2) is 46.2 Å². The van der Waals surface area contributed by atoms with Gasteiger partial charge in [-0.05, 0) is 34.1 Å². The summed E-state index contributed by atoms with van der Waals surface area (Å²) in [4.78, 5) is 20.2. The third-order valence-corrected chi connectivity index (χ3v) is 4.00. The van der Waals surface area contributed by atoms with E-state index < -0.39 is 0 Å². The predicted molar refractivity (Wildman–Crippen MR) is 79.1 cm³/mol. The molecule has 0 saturated heterocycles. The third kappa shape index (κ3) is 2.61. The Kier molecular flexibility index (Phi) is 3.57. The molecule has 0 fully saturated rings. The van der Waals surface area contributed by atoms with E-state index in [1.165, 1.54) is 28.7 Å². The first-order valence-electron chi connectivity index (χ1n) is 5.59. The SMILES string of the molecule is O=C(Nc1cccnc1-n1cncn1)c1csc(Br)c1. The number of nitrogens with one attached hydrogen (secondary N) is 1. The highest BCUT2D eigenvalue weighted by molar-refractivity contribution is 9.11. The molecule has 6 nitrogen and oxygen atoms in total. The topological polar surface area (TPSA) is 72.7 Å². The van der Waals surface area contributed by atoms with E-state index in [1.807, 2.05) is 0 Å². The predicted octanol–water partition coefficient (Wildman–Crippen LogP) is 2.74. The summed E-state index contributed by atoms with van der Waals surface area (Å²) in [6.07, 6.45) is 4.57. The average Bonchev–Trinajstić information content (AvgIpc) is 3.10. The quantitative estimate of drug-likeness (QED) is 0.788. The number of hydrogen-bond donors (Lipinski definition) is 1. The molecular weight excluding hydrogens is 342 g/mol.